The Labute approximate surface area is 146 Å². The molecule has 24 heavy (non-hydrogen) atoms. The fourth-order valence-corrected chi connectivity index (χ4v) is 4.04. The van der Waals surface area contributed by atoms with Crippen LogP contribution in [0.5, 0.6) is 0 Å². The number of rotatable bonds is 5. The summed E-state index contributed by atoms with van der Waals surface area (Å²) in [4.78, 5) is 15.4. The topological polar surface area (TPSA) is 70.4 Å². The van der Waals surface area contributed by atoms with Gasteiger partial charge in [0.25, 0.3) is 0 Å². The molecule has 1 amide bonds. The highest BCUT2D eigenvalue weighted by Crippen LogP contribution is 2.32. The van der Waals surface area contributed by atoms with Crippen LogP contribution in [-0.4, -0.2) is 45.3 Å². The predicted octanol–water partition coefficient (Wildman–Crippen LogP) is 2.17. The third-order valence-electron chi connectivity index (χ3n) is 4.57. The quantitative estimate of drug-likeness (QED) is 0.869. The minimum Gasteiger partial charge on any atom is -0.387 e. The number of aromatic nitrogens is 2. The van der Waals surface area contributed by atoms with Crippen LogP contribution in [0.3, 0.4) is 0 Å². The number of hydrogen-bond acceptors (Lipinski definition) is 5. The van der Waals surface area contributed by atoms with E-state index in [9.17, 15) is 9.90 Å². The minimum absolute atomic E-state index is 0.0108. The third-order valence-corrected chi connectivity index (χ3v) is 5.51. The van der Waals surface area contributed by atoms with Gasteiger partial charge in [-0.3, -0.25) is 14.4 Å². The van der Waals surface area contributed by atoms with Crippen molar-refractivity contribution in [3.05, 3.63) is 34.3 Å². The van der Waals surface area contributed by atoms with E-state index in [1.807, 2.05) is 37.7 Å². The second kappa shape index (κ2) is 7.46. The number of aliphatic hydroxyl groups excluding tert-OH is 1. The molecule has 0 bridgehead atoms. The van der Waals surface area contributed by atoms with Gasteiger partial charge in [-0.15, -0.1) is 11.3 Å². The second-order valence-corrected chi connectivity index (χ2v) is 7.40. The first-order valence-corrected chi connectivity index (χ1v) is 9.15. The van der Waals surface area contributed by atoms with Crippen LogP contribution in [0.25, 0.3) is 0 Å². The van der Waals surface area contributed by atoms with Crippen molar-refractivity contribution < 1.29 is 9.90 Å². The maximum atomic E-state index is 12.2. The van der Waals surface area contributed by atoms with Crippen molar-refractivity contribution in [2.45, 2.75) is 25.9 Å². The normalized spacial score (nSPS) is 17.8. The lowest BCUT2D eigenvalue weighted by Gasteiger charge is -2.33. The summed E-state index contributed by atoms with van der Waals surface area (Å²) in [5, 5.41) is 19.6. The van der Waals surface area contributed by atoms with E-state index in [1.165, 1.54) is 0 Å². The zero-order valence-corrected chi connectivity index (χ0v) is 14.9. The average molecular weight is 348 g/mol. The molecule has 1 aliphatic heterocycles. The van der Waals surface area contributed by atoms with Crippen LogP contribution < -0.4 is 5.32 Å². The van der Waals surface area contributed by atoms with Crippen molar-refractivity contribution in [2.24, 2.45) is 13.0 Å². The fraction of sp³-hybridized carbons (Fsp3) is 0.529. The molecule has 2 N–H and O–H groups in total. The highest BCUT2D eigenvalue weighted by molar-refractivity contribution is 7.10. The number of amides is 1. The van der Waals surface area contributed by atoms with E-state index < -0.39 is 0 Å². The highest BCUT2D eigenvalue weighted by Gasteiger charge is 2.27. The van der Waals surface area contributed by atoms with Crippen LogP contribution in [0.15, 0.2) is 23.7 Å². The van der Waals surface area contributed by atoms with Crippen LogP contribution in [0.2, 0.25) is 0 Å². The molecule has 0 aromatic carbocycles. The summed E-state index contributed by atoms with van der Waals surface area (Å²) < 4.78 is 1.70. The molecule has 1 fully saturated rings. The molecule has 3 rings (SSSR count). The van der Waals surface area contributed by atoms with E-state index >= 15 is 0 Å². The smallest absolute Gasteiger partial charge is 0.238 e. The van der Waals surface area contributed by atoms with Gasteiger partial charge < -0.3 is 10.4 Å². The van der Waals surface area contributed by atoms with Crippen LogP contribution in [0.1, 0.15) is 29.5 Å². The molecular formula is C17H24N4O2S. The van der Waals surface area contributed by atoms with Crippen LogP contribution in [0, 0.1) is 12.8 Å². The van der Waals surface area contributed by atoms with E-state index in [-0.39, 0.29) is 17.9 Å². The maximum absolute atomic E-state index is 12.2. The summed E-state index contributed by atoms with van der Waals surface area (Å²) >= 11 is 1.61. The summed E-state index contributed by atoms with van der Waals surface area (Å²) in [5.41, 5.74) is 1.59. The van der Waals surface area contributed by atoms with E-state index in [0.717, 1.165) is 42.2 Å². The van der Waals surface area contributed by atoms with Gasteiger partial charge in [-0.1, -0.05) is 6.07 Å². The SMILES string of the molecule is Cc1nn(C)cc1NC(=O)CN1CCC(C(O)c2cccs2)CC1. The molecule has 2 aromatic rings. The molecule has 1 unspecified atom stereocenters. The average Bonchev–Trinajstić information content (AvgIpc) is 3.18. The molecule has 130 valence electrons. The molecular weight excluding hydrogens is 324 g/mol. The summed E-state index contributed by atoms with van der Waals surface area (Å²) in [6.45, 7) is 3.95. The fourth-order valence-electron chi connectivity index (χ4n) is 3.23. The molecule has 0 spiro atoms. The first kappa shape index (κ1) is 17.1. The Morgan fingerprint density at radius 3 is 2.83 bits per heavy atom. The maximum Gasteiger partial charge on any atom is 0.238 e. The second-order valence-electron chi connectivity index (χ2n) is 6.42. The number of aliphatic hydroxyl groups is 1. The number of nitrogens with zero attached hydrogens (tertiary/aromatic N) is 3. The number of carbonyl (C=O) groups excluding carboxylic acids is 1. The monoisotopic (exact) mass is 348 g/mol. The van der Waals surface area contributed by atoms with E-state index in [1.54, 1.807) is 16.0 Å². The first-order chi connectivity index (χ1) is 11.5. The van der Waals surface area contributed by atoms with Crippen molar-refractivity contribution in [1.82, 2.24) is 14.7 Å². The number of aryl methyl sites for hydroxylation is 2. The van der Waals surface area contributed by atoms with Crippen molar-refractivity contribution in [2.75, 3.05) is 25.0 Å². The van der Waals surface area contributed by atoms with Gasteiger partial charge >= 0.3 is 0 Å². The Morgan fingerprint density at radius 2 is 2.25 bits per heavy atom. The Balaban J connectivity index is 1.46. The molecule has 7 heteroatoms. The molecule has 1 atom stereocenters. The Bertz CT molecular complexity index is 675. The van der Waals surface area contributed by atoms with Gasteiger partial charge in [0.05, 0.1) is 24.0 Å². The largest absolute Gasteiger partial charge is 0.387 e. The number of piperidine rings is 1. The summed E-state index contributed by atoms with van der Waals surface area (Å²) in [6, 6.07) is 3.97. The number of carbonyl (C=O) groups is 1. The lowest BCUT2D eigenvalue weighted by Crippen LogP contribution is -2.40. The van der Waals surface area contributed by atoms with Crippen LogP contribution in [-0.2, 0) is 11.8 Å². The van der Waals surface area contributed by atoms with Gasteiger partial charge in [0.2, 0.25) is 5.91 Å². The standard InChI is InChI=1S/C17H24N4O2S/c1-12-14(10-20(2)19-12)18-16(22)11-21-7-5-13(6-8-21)17(23)15-4-3-9-24-15/h3-4,9-10,13,17,23H,5-8,11H2,1-2H3,(H,18,22). The van der Waals surface area contributed by atoms with Crippen molar-refractivity contribution in [3.8, 4) is 0 Å². The van der Waals surface area contributed by atoms with E-state index in [4.69, 9.17) is 0 Å². The minimum atomic E-state index is -0.376. The zero-order valence-electron chi connectivity index (χ0n) is 14.1. The Hall–Kier alpha value is -1.70. The summed E-state index contributed by atoms with van der Waals surface area (Å²) in [7, 11) is 1.84. The van der Waals surface area contributed by atoms with Gasteiger partial charge in [-0.05, 0) is 50.2 Å². The van der Waals surface area contributed by atoms with Crippen molar-refractivity contribution in [1.29, 1.82) is 0 Å². The summed E-state index contributed by atoms with van der Waals surface area (Å²) in [6.07, 6.45) is 3.27. The number of likely N-dealkylation sites (tertiary alicyclic amines) is 1. The van der Waals surface area contributed by atoms with Gasteiger partial charge in [-0.25, -0.2) is 0 Å². The first-order valence-electron chi connectivity index (χ1n) is 8.27. The van der Waals surface area contributed by atoms with Gasteiger partial charge in [0, 0.05) is 18.1 Å². The Morgan fingerprint density at radius 1 is 1.50 bits per heavy atom. The number of anilines is 1. The van der Waals surface area contributed by atoms with Crippen molar-refractivity contribution in [3.63, 3.8) is 0 Å². The summed E-state index contributed by atoms with van der Waals surface area (Å²) in [5.74, 6) is 0.270. The molecule has 0 saturated carbocycles. The highest BCUT2D eigenvalue weighted by atomic mass is 32.1. The predicted molar refractivity (Wildman–Crippen MR) is 95.0 cm³/mol. The lowest BCUT2D eigenvalue weighted by molar-refractivity contribution is -0.117. The molecule has 0 radical (unpaired) electrons. The Kier molecular flexibility index (Phi) is 5.33. The molecule has 2 aromatic heterocycles. The van der Waals surface area contributed by atoms with E-state index in [2.05, 4.69) is 15.3 Å². The van der Waals surface area contributed by atoms with E-state index in [0.29, 0.717) is 6.54 Å². The number of thiophene rings is 1. The molecule has 6 nitrogen and oxygen atoms in total. The number of hydrogen-bond donors (Lipinski definition) is 2. The lowest BCUT2D eigenvalue weighted by atomic mass is 9.90. The van der Waals surface area contributed by atoms with Crippen LogP contribution in [0.4, 0.5) is 5.69 Å². The molecule has 1 saturated heterocycles. The van der Waals surface area contributed by atoms with Gasteiger partial charge in [0.15, 0.2) is 0 Å². The molecule has 1 aliphatic rings. The third kappa shape index (κ3) is 4.03. The van der Waals surface area contributed by atoms with Gasteiger partial charge in [-0.2, -0.15) is 5.10 Å². The van der Waals surface area contributed by atoms with Gasteiger partial charge in [0.1, 0.15) is 0 Å². The molecule has 0 aliphatic carbocycles. The number of nitrogens with one attached hydrogen (secondary N) is 1. The molecule has 3 heterocycles. The van der Waals surface area contributed by atoms with Crippen molar-refractivity contribution >= 4 is 22.9 Å². The zero-order chi connectivity index (χ0) is 17.1. The van der Waals surface area contributed by atoms with Crippen LogP contribution >= 0.6 is 11.3 Å².